The van der Waals surface area contributed by atoms with E-state index in [0.717, 1.165) is 19.4 Å². The van der Waals surface area contributed by atoms with Crippen molar-refractivity contribution in [1.29, 1.82) is 0 Å². The van der Waals surface area contributed by atoms with Gasteiger partial charge < -0.3 is 10.1 Å². The van der Waals surface area contributed by atoms with Crippen LogP contribution >= 0.6 is 0 Å². The number of nitrogens with one attached hydrogen (secondary N) is 1. The number of hydrogen-bond acceptors (Lipinski definition) is 2. The number of rotatable bonds is 6. The van der Waals surface area contributed by atoms with Crippen LogP contribution < -0.4 is 10.1 Å². The van der Waals surface area contributed by atoms with E-state index in [1.165, 1.54) is 6.07 Å². The van der Waals surface area contributed by atoms with Gasteiger partial charge in [-0.1, -0.05) is 19.9 Å². The van der Waals surface area contributed by atoms with Gasteiger partial charge in [-0.05, 0) is 31.5 Å². The number of halogens is 1. The number of benzene rings is 1. The normalized spacial score (nSPS) is 12.5. The molecule has 90 valence electrons. The first-order chi connectivity index (χ1) is 7.74. The van der Waals surface area contributed by atoms with Crippen molar-refractivity contribution in [2.24, 2.45) is 0 Å². The summed E-state index contributed by atoms with van der Waals surface area (Å²) < 4.78 is 19.0. The molecule has 16 heavy (non-hydrogen) atoms. The molecule has 0 spiro atoms. The first-order valence-corrected chi connectivity index (χ1v) is 5.80. The van der Waals surface area contributed by atoms with Crippen LogP contribution in [0.2, 0.25) is 0 Å². The predicted molar refractivity (Wildman–Crippen MR) is 64.3 cm³/mol. The summed E-state index contributed by atoms with van der Waals surface area (Å²) in [7, 11) is 1.57. The second-order valence-corrected chi connectivity index (χ2v) is 3.77. The summed E-state index contributed by atoms with van der Waals surface area (Å²) in [4.78, 5) is 0. The lowest BCUT2D eigenvalue weighted by Crippen LogP contribution is -2.23. The molecule has 0 bridgehead atoms. The Balaban J connectivity index is 2.97. The molecule has 0 saturated heterocycles. The van der Waals surface area contributed by atoms with Gasteiger partial charge in [0.15, 0.2) is 0 Å². The Bertz CT molecular complexity index is 328. The molecule has 0 amide bonds. The maximum absolute atomic E-state index is 13.8. The fraction of sp³-hybridized carbons (Fsp3) is 0.538. The third-order valence-corrected chi connectivity index (χ3v) is 2.63. The van der Waals surface area contributed by atoms with Crippen molar-refractivity contribution in [3.05, 3.63) is 29.6 Å². The molecular weight excluding hydrogens is 205 g/mol. The molecule has 0 saturated carbocycles. The van der Waals surface area contributed by atoms with Crippen LogP contribution in [0.4, 0.5) is 4.39 Å². The highest BCUT2D eigenvalue weighted by Gasteiger charge is 2.17. The molecule has 3 heteroatoms. The van der Waals surface area contributed by atoms with Gasteiger partial charge in [0.1, 0.15) is 11.6 Å². The molecule has 0 aromatic heterocycles. The summed E-state index contributed by atoms with van der Waals surface area (Å²) in [5.41, 5.74) is 0.640. The Hall–Kier alpha value is -1.09. The molecule has 1 unspecified atom stereocenters. The van der Waals surface area contributed by atoms with Crippen LogP contribution in [0, 0.1) is 5.82 Å². The molecule has 1 atom stereocenters. The lowest BCUT2D eigenvalue weighted by Gasteiger charge is -2.20. The summed E-state index contributed by atoms with van der Waals surface area (Å²) in [5.74, 6) is 0.422. The van der Waals surface area contributed by atoms with Crippen LogP contribution in [-0.2, 0) is 0 Å². The van der Waals surface area contributed by atoms with Gasteiger partial charge in [-0.25, -0.2) is 4.39 Å². The van der Waals surface area contributed by atoms with Gasteiger partial charge in [0, 0.05) is 11.6 Å². The first kappa shape index (κ1) is 13.0. The zero-order valence-corrected chi connectivity index (χ0v) is 10.2. The van der Waals surface area contributed by atoms with Gasteiger partial charge >= 0.3 is 0 Å². The topological polar surface area (TPSA) is 21.3 Å². The number of methoxy groups -OCH3 is 1. The second kappa shape index (κ2) is 6.48. The quantitative estimate of drug-likeness (QED) is 0.802. The third kappa shape index (κ3) is 2.95. The van der Waals surface area contributed by atoms with Gasteiger partial charge in [-0.2, -0.15) is 0 Å². The molecule has 1 N–H and O–H groups in total. The standard InChI is InChI=1S/C13H20FNO/c1-4-9-15-11(5-2)13-10(14)7-6-8-12(13)16-3/h6-8,11,15H,4-5,9H2,1-3H3. The van der Waals surface area contributed by atoms with E-state index in [-0.39, 0.29) is 11.9 Å². The first-order valence-electron chi connectivity index (χ1n) is 5.80. The van der Waals surface area contributed by atoms with Crippen LogP contribution in [0.3, 0.4) is 0 Å². The van der Waals surface area contributed by atoms with Crippen molar-refractivity contribution in [3.63, 3.8) is 0 Å². The predicted octanol–water partition coefficient (Wildman–Crippen LogP) is 3.29. The van der Waals surface area contributed by atoms with Crippen molar-refractivity contribution in [2.45, 2.75) is 32.7 Å². The maximum Gasteiger partial charge on any atom is 0.131 e. The molecule has 1 rings (SSSR count). The molecule has 2 nitrogen and oxygen atoms in total. The minimum Gasteiger partial charge on any atom is -0.496 e. The van der Waals surface area contributed by atoms with Gasteiger partial charge in [-0.3, -0.25) is 0 Å². The van der Waals surface area contributed by atoms with Crippen LogP contribution in [0.15, 0.2) is 18.2 Å². The van der Waals surface area contributed by atoms with Gasteiger partial charge in [0.25, 0.3) is 0 Å². The smallest absolute Gasteiger partial charge is 0.131 e. The summed E-state index contributed by atoms with van der Waals surface area (Å²) in [6, 6.07) is 4.98. The van der Waals surface area contributed by atoms with E-state index in [1.807, 2.05) is 6.92 Å². The highest BCUT2D eigenvalue weighted by Crippen LogP contribution is 2.29. The minimum atomic E-state index is -0.199. The monoisotopic (exact) mass is 225 g/mol. The summed E-state index contributed by atoms with van der Waals surface area (Å²) in [6.45, 7) is 5.02. The molecule has 0 heterocycles. The summed E-state index contributed by atoms with van der Waals surface area (Å²) in [6.07, 6.45) is 1.88. The fourth-order valence-electron chi connectivity index (χ4n) is 1.80. The van der Waals surface area contributed by atoms with Crippen LogP contribution in [0.25, 0.3) is 0 Å². The molecule has 0 aliphatic heterocycles. The maximum atomic E-state index is 13.8. The highest BCUT2D eigenvalue weighted by molar-refractivity contribution is 5.37. The van der Waals surface area contributed by atoms with Gasteiger partial charge in [0.2, 0.25) is 0 Å². The molecule has 1 aromatic rings. The van der Waals surface area contributed by atoms with Crippen molar-refractivity contribution in [2.75, 3.05) is 13.7 Å². The molecule has 0 aliphatic rings. The van der Waals surface area contributed by atoms with Crippen molar-refractivity contribution in [1.82, 2.24) is 5.32 Å². The largest absolute Gasteiger partial charge is 0.496 e. The zero-order chi connectivity index (χ0) is 12.0. The van der Waals surface area contributed by atoms with Crippen LogP contribution in [0.1, 0.15) is 38.3 Å². The van der Waals surface area contributed by atoms with Crippen molar-refractivity contribution >= 4 is 0 Å². The Morgan fingerprint density at radius 2 is 2.12 bits per heavy atom. The Morgan fingerprint density at radius 1 is 1.38 bits per heavy atom. The third-order valence-electron chi connectivity index (χ3n) is 2.63. The molecule has 0 aliphatic carbocycles. The zero-order valence-electron chi connectivity index (χ0n) is 10.2. The molecule has 0 radical (unpaired) electrons. The SMILES string of the molecule is CCCNC(CC)c1c(F)cccc1OC. The lowest BCUT2D eigenvalue weighted by molar-refractivity contribution is 0.387. The highest BCUT2D eigenvalue weighted by atomic mass is 19.1. The number of hydrogen-bond donors (Lipinski definition) is 1. The van der Waals surface area contributed by atoms with E-state index >= 15 is 0 Å². The number of ether oxygens (including phenoxy) is 1. The van der Waals surface area contributed by atoms with Crippen LogP contribution in [-0.4, -0.2) is 13.7 Å². The average Bonchev–Trinajstić information content (AvgIpc) is 2.31. The van der Waals surface area contributed by atoms with Gasteiger partial charge in [0.05, 0.1) is 7.11 Å². The van der Waals surface area contributed by atoms with Crippen LogP contribution in [0.5, 0.6) is 5.75 Å². The van der Waals surface area contributed by atoms with E-state index in [9.17, 15) is 4.39 Å². The second-order valence-electron chi connectivity index (χ2n) is 3.77. The lowest BCUT2D eigenvalue weighted by atomic mass is 10.0. The summed E-state index contributed by atoms with van der Waals surface area (Å²) in [5, 5.41) is 3.33. The average molecular weight is 225 g/mol. The molecule has 1 aromatic carbocycles. The Kier molecular flexibility index (Phi) is 5.26. The Morgan fingerprint density at radius 3 is 2.69 bits per heavy atom. The van der Waals surface area contributed by atoms with Gasteiger partial charge in [-0.15, -0.1) is 0 Å². The molecular formula is C13H20FNO. The summed E-state index contributed by atoms with van der Waals surface area (Å²) >= 11 is 0. The van der Waals surface area contributed by atoms with E-state index in [4.69, 9.17) is 4.74 Å². The van der Waals surface area contributed by atoms with E-state index in [1.54, 1.807) is 19.2 Å². The Labute approximate surface area is 96.8 Å². The van der Waals surface area contributed by atoms with Crippen molar-refractivity contribution < 1.29 is 9.13 Å². The van der Waals surface area contributed by atoms with E-state index < -0.39 is 0 Å². The van der Waals surface area contributed by atoms with Crippen molar-refractivity contribution in [3.8, 4) is 5.75 Å². The van der Waals surface area contributed by atoms with E-state index in [0.29, 0.717) is 11.3 Å². The minimum absolute atomic E-state index is 0.0242. The molecule has 0 fully saturated rings. The van der Waals surface area contributed by atoms with E-state index in [2.05, 4.69) is 12.2 Å². The fourth-order valence-corrected chi connectivity index (χ4v) is 1.80.